The van der Waals surface area contributed by atoms with E-state index in [4.69, 9.17) is 18.0 Å². The Bertz CT molecular complexity index is 510. The van der Waals surface area contributed by atoms with Crippen LogP contribution in [0.3, 0.4) is 0 Å². The fourth-order valence-electron chi connectivity index (χ4n) is 2.25. The summed E-state index contributed by atoms with van der Waals surface area (Å²) in [6.07, 6.45) is 1.67. The fourth-order valence-corrected chi connectivity index (χ4v) is 2.86. The first-order chi connectivity index (χ1) is 8.92. The molecule has 102 valence electrons. The standard InChI is InChI=1S/C14H17BrN2OS/c1-14(13(16)19)5-7-17(8-6-14)12(18)10-3-2-4-11(15)9-10/h2-4,9H,5-8H2,1H3,(H2,16,19). The summed E-state index contributed by atoms with van der Waals surface area (Å²) >= 11 is 8.50. The first-order valence-corrected chi connectivity index (χ1v) is 7.47. The van der Waals surface area contributed by atoms with E-state index in [9.17, 15) is 4.79 Å². The molecule has 0 radical (unpaired) electrons. The number of thiocarbonyl (C=S) groups is 1. The van der Waals surface area contributed by atoms with Crippen LogP contribution in [0.4, 0.5) is 0 Å². The first kappa shape index (κ1) is 14.5. The van der Waals surface area contributed by atoms with Crippen molar-refractivity contribution >= 4 is 39.0 Å². The van der Waals surface area contributed by atoms with Gasteiger partial charge in [-0.05, 0) is 31.0 Å². The summed E-state index contributed by atoms with van der Waals surface area (Å²) in [6.45, 7) is 3.49. The van der Waals surface area contributed by atoms with Crippen LogP contribution < -0.4 is 5.73 Å². The second-order valence-electron chi connectivity index (χ2n) is 5.23. The number of piperidine rings is 1. The number of amides is 1. The zero-order chi connectivity index (χ0) is 14.0. The summed E-state index contributed by atoms with van der Waals surface area (Å²) in [5, 5.41) is 0. The molecule has 0 unspecified atom stereocenters. The Morgan fingerprint density at radius 2 is 2.05 bits per heavy atom. The topological polar surface area (TPSA) is 46.3 Å². The number of nitrogens with zero attached hydrogens (tertiary/aromatic N) is 1. The van der Waals surface area contributed by atoms with Crippen molar-refractivity contribution in [2.24, 2.45) is 11.1 Å². The number of hydrogen-bond donors (Lipinski definition) is 1. The highest BCUT2D eigenvalue weighted by Gasteiger charge is 2.34. The number of hydrogen-bond acceptors (Lipinski definition) is 2. The van der Waals surface area contributed by atoms with Gasteiger partial charge in [-0.25, -0.2) is 0 Å². The summed E-state index contributed by atoms with van der Waals surface area (Å²) in [5.74, 6) is 0.0753. The summed E-state index contributed by atoms with van der Waals surface area (Å²) in [6, 6.07) is 7.48. The van der Waals surface area contributed by atoms with E-state index in [1.54, 1.807) is 0 Å². The molecule has 1 aliphatic rings. The molecule has 2 rings (SSSR count). The lowest BCUT2D eigenvalue weighted by Crippen LogP contribution is -2.46. The van der Waals surface area contributed by atoms with Crippen molar-refractivity contribution in [3.63, 3.8) is 0 Å². The molecule has 0 aromatic heterocycles. The van der Waals surface area contributed by atoms with Gasteiger partial charge in [-0.1, -0.05) is 41.1 Å². The molecule has 1 aliphatic heterocycles. The Balaban J connectivity index is 2.06. The van der Waals surface area contributed by atoms with Crippen LogP contribution in [0, 0.1) is 5.41 Å². The molecule has 0 saturated carbocycles. The third-order valence-corrected chi connectivity index (χ3v) is 4.81. The minimum absolute atomic E-state index is 0.0753. The smallest absolute Gasteiger partial charge is 0.253 e. The van der Waals surface area contributed by atoms with Crippen molar-refractivity contribution in [1.29, 1.82) is 0 Å². The van der Waals surface area contributed by atoms with Gasteiger partial charge in [0.25, 0.3) is 5.91 Å². The van der Waals surface area contributed by atoms with E-state index in [0.717, 1.165) is 17.3 Å². The van der Waals surface area contributed by atoms with Crippen molar-refractivity contribution in [2.45, 2.75) is 19.8 Å². The molecular weight excluding hydrogens is 324 g/mol. The summed E-state index contributed by atoms with van der Waals surface area (Å²) < 4.78 is 0.920. The van der Waals surface area contributed by atoms with Crippen molar-refractivity contribution in [2.75, 3.05) is 13.1 Å². The molecule has 19 heavy (non-hydrogen) atoms. The third kappa shape index (κ3) is 3.15. The zero-order valence-electron chi connectivity index (χ0n) is 10.9. The lowest BCUT2D eigenvalue weighted by molar-refractivity contribution is 0.0670. The van der Waals surface area contributed by atoms with Crippen molar-refractivity contribution in [3.8, 4) is 0 Å². The molecule has 0 aliphatic carbocycles. The number of benzene rings is 1. The molecule has 1 saturated heterocycles. The Morgan fingerprint density at radius 3 is 2.58 bits per heavy atom. The van der Waals surface area contributed by atoms with E-state index < -0.39 is 0 Å². The number of likely N-dealkylation sites (tertiary alicyclic amines) is 1. The zero-order valence-corrected chi connectivity index (χ0v) is 13.3. The summed E-state index contributed by atoms with van der Waals surface area (Å²) in [4.78, 5) is 14.8. The summed E-state index contributed by atoms with van der Waals surface area (Å²) in [5.41, 5.74) is 6.38. The largest absolute Gasteiger partial charge is 0.393 e. The van der Waals surface area contributed by atoms with Gasteiger partial charge >= 0.3 is 0 Å². The average Bonchev–Trinajstić information content (AvgIpc) is 2.38. The Labute approximate surface area is 127 Å². The van der Waals surface area contributed by atoms with E-state index in [2.05, 4.69) is 22.9 Å². The van der Waals surface area contributed by atoms with Crippen LogP contribution in [0.5, 0.6) is 0 Å². The van der Waals surface area contributed by atoms with Gasteiger partial charge < -0.3 is 10.6 Å². The van der Waals surface area contributed by atoms with Crippen LogP contribution in [-0.2, 0) is 0 Å². The number of nitrogens with two attached hydrogens (primary N) is 1. The van der Waals surface area contributed by atoms with Crippen molar-refractivity contribution < 1.29 is 4.79 Å². The van der Waals surface area contributed by atoms with Crippen LogP contribution >= 0.6 is 28.1 Å². The number of rotatable bonds is 2. The maximum atomic E-state index is 12.4. The van der Waals surface area contributed by atoms with Gasteiger partial charge in [0.2, 0.25) is 0 Å². The van der Waals surface area contributed by atoms with Gasteiger partial charge in [0.05, 0.1) is 4.99 Å². The normalized spacial score (nSPS) is 18.1. The maximum Gasteiger partial charge on any atom is 0.253 e. The highest BCUT2D eigenvalue weighted by molar-refractivity contribution is 9.10. The van der Waals surface area contributed by atoms with E-state index in [-0.39, 0.29) is 11.3 Å². The second-order valence-corrected chi connectivity index (χ2v) is 6.58. The monoisotopic (exact) mass is 340 g/mol. The first-order valence-electron chi connectivity index (χ1n) is 6.27. The fraction of sp³-hybridized carbons (Fsp3) is 0.429. The number of carbonyl (C=O) groups excluding carboxylic acids is 1. The number of halogens is 1. The SMILES string of the molecule is CC1(C(N)=S)CCN(C(=O)c2cccc(Br)c2)CC1. The van der Waals surface area contributed by atoms with Gasteiger partial charge in [0.1, 0.15) is 0 Å². The van der Waals surface area contributed by atoms with Crippen LogP contribution in [0.1, 0.15) is 30.1 Å². The van der Waals surface area contributed by atoms with E-state index in [1.807, 2.05) is 29.2 Å². The Hall–Kier alpha value is -0.940. The Morgan fingerprint density at radius 1 is 1.42 bits per heavy atom. The van der Waals surface area contributed by atoms with Gasteiger partial charge in [-0.15, -0.1) is 0 Å². The van der Waals surface area contributed by atoms with Gasteiger partial charge in [-0.3, -0.25) is 4.79 Å². The van der Waals surface area contributed by atoms with Gasteiger partial charge in [0, 0.05) is 28.5 Å². The highest BCUT2D eigenvalue weighted by Crippen LogP contribution is 2.31. The molecule has 1 aromatic carbocycles. The molecular formula is C14H17BrN2OS. The van der Waals surface area contributed by atoms with E-state index in [1.165, 1.54) is 0 Å². The molecule has 5 heteroatoms. The minimum Gasteiger partial charge on any atom is -0.393 e. The third-order valence-electron chi connectivity index (χ3n) is 3.82. The molecule has 0 spiro atoms. The lowest BCUT2D eigenvalue weighted by atomic mass is 9.80. The van der Waals surface area contributed by atoms with Gasteiger partial charge in [-0.2, -0.15) is 0 Å². The summed E-state index contributed by atoms with van der Waals surface area (Å²) in [7, 11) is 0. The predicted octanol–water partition coefficient (Wildman–Crippen LogP) is 2.98. The Kier molecular flexibility index (Phi) is 4.26. The number of carbonyl (C=O) groups is 1. The van der Waals surface area contributed by atoms with Crippen molar-refractivity contribution in [3.05, 3.63) is 34.3 Å². The van der Waals surface area contributed by atoms with Crippen LogP contribution in [0.15, 0.2) is 28.7 Å². The molecule has 1 amide bonds. The van der Waals surface area contributed by atoms with Crippen LogP contribution in [0.25, 0.3) is 0 Å². The highest BCUT2D eigenvalue weighted by atomic mass is 79.9. The molecule has 0 atom stereocenters. The van der Waals surface area contributed by atoms with E-state index in [0.29, 0.717) is 23.6 Å². The van der Waals surface area contributed by atoms with Crippen molar-refractivity contribution in [1.82, 2.24) is 4.90 Å². The van der Waals surface area contributed by atoms with Crippen LogP contribution in [-0.4, -0.2) is 28.9 Å². The van der Waals surface area contributed by atoms with Crippen LogP contribution in [0.2, 0.25) is 0 Å². The van der Waals surface area contributed by atoms with Gasteiger partial charge in [0.15, 0.2) is 0 Å². The second kappa shape index (κ2) is 5.59. The molecule has 0 bridgehead atoms. The average molecular weight is 341 g/mol. The lowest BCUT2D eigenvalue weighted by Gasteiger charge is -2.38. The molecule has 1 fully saturated rings. The molecule has 1 heterocycles. The molecule has 3 nitrogen and oxygen atoms in total. The quantitative estimate of drug-likeness (QED) is 0.842. The molecule has 1 aromatic rings. The maximum absolute atomic E-state index is 12.4. The predicted molar refractivity (Wildman–Crippen MR) is 84.2 cm³/mol. The molecule has 2 N–H and O–H groups in total. The minimum atomic E-state index is -0.108. The van der Waals surface area contributed by atoms with E-state index >= 15 is 0 Å².